The Morgan fingerprint density at radius 1 is 1.40 bits per heavy atom. The van der Waals surface area contributed by atoms with Crippen LogP contribution in [0.15, 0.2) is 0 Å². The molecule has 0 fully saturated rings. The predicted octanol–water partition coefficient (Wildman–Crippen LogP) is 1.16. The molecule has 0 unspecified atom stereocenters. The lowest BCUT2D eigenvalue weighted by atomic mass is 9.89. The monoisotopic (exact) mass is 143 g/mol. The van der Waals surface area contributed by atoms with E-state index in [4.69, 9.17) is 0 Å². The molecule has 0 saturated carbocycles. The smallest absolute Gasteiger partial charge is 0.136 e. The molecule has 0 spiro atoms. The topological polar surface area (TPSA) is 20.3 Å². The lowest BCUT2D eigenvalue weighted by Gasteiger charge is -2.24. The maximum atomic E-state index is 11.0. The zero-order chi connectivity index (χ0) is 8.36. The summed E-state index contributed by atoms with van der Waals surface area (Å²) in [7, 11) is 3.95. The summed E-state index contributed by atoms with van der Waals surface area (Å²) in [6.07, 6.45) is 0. The van der Waals surface area contributed by atoms with Crippen molar-refractivity contribution in [1.29, 1.82) is 0 Å². The third-order valence-corrected chi connectivity index (χ3v) is 1.66. The highest BCUT2D eigenvalue weighted by Gasteiger charge is 2.23. The highest BCUT2D eigenvalue weighted by atomic mass is 16.1. The summed E-state index contributed by atoms with van der Waals surface area (Å²) in [6, 6.07) is 0. The van der Waals surface area contributed by atoms with Gasteiger partial charge >= 0.3 is 0 Å². The van der Waals surface area contributed by atoms with Crippen molar-refractivity contribution in [2.75, 3.05) is 20.6 Å². The van der Waals surface area contributed by atoms with E-state index in [-0.39, 0.29) is 11.2 Å². The molecule has 2 heteroatoms. The maximum Gasteiger partial charge on any atom is 0.136 e. The van der Waals surface area contributed by atoms with Gasteiger partial charge in [-0.3, -0.25) is 4.79 Å². The van der Waals surface area contributed by atoms with Gasteiger partial charge in [-0.2, -0.15) is 0 Å². The first kappa shape index (κ1) is 9.63. The molecule has 0 heterocycles. The Morgan fingerprint density at radius 2 is 1.80 bits per heavy atom. The van der Waals surface area contributed by atoms with Crippen LogP contribution in [0.1, 0.15) is 20.8 Å². The molecule has 60 valence electrons. The van der Waals surface area contributed by atoms with E-state index in [1.165, 1.54) is 0 Å². The molecule has 10 heavy (non-hydrogen) atoms. The van der Waals surface area contributed by atoms with Crippen molar-refractivity contribution in [2.45, 2.75) is 20.8 Å². The van der Waals surface area contributed by atoms with Crippen molar-refractivity contribution in [3.8, 4) is 0 Å². The number of hydrogen-bond donors (Lipinski definition) is 0. The van der Waals surface area contributed by atoms with Crippen LogP contribution < -0.4 is 0 Å². The summed E-state index contributed by atoms with van der Waals surface area (Å²) >= 11 is 0. The zero-order valence-electron chi connectivity index (χ0n) is 7.56. The molecule has 2 nitrogen and oxygen atoms in total. The molecule has 0 aromatic heterocycles. The number of carbonyl (C=O) groups excluding carboxylic acids is 1. The third kappa shape index (κ3) is 2.97. The molecule has 0 N–H and O–H groups in total. The molecule has 0 aliphatic heterocycles. The van der Waals surface area contributed by atoms with Gasteiger partial charge in [0, 0.05) is 12.0 Å². The van der Waals surface area contributed by atoms with Crippen molar-refractivity contribution in [1.82, 2.24) is 4.90 Å². The Kier molecular flexibility index (Phi) is 3.03. The van der Waals surface area contributed by atoms with Gasteiger partial charge in [-0.25, -0.2) is 0 Å². The molecule has 0 aliphatic carbocycles. The maximum absolute atomic E-state index is 11.0. The average Bonchev–Trinajstić information content (AvgIpc) is 1.60. The van der Waals surface area contributed by atoms with Gasteiger partial charge in [0.25, 0.3) is 0 Å². The Hall–Kier alpha value is -0.370. The quantitative estimate of drug-likeness (QED) is 0.591. The largest absolute Gasteiger partial charge is 0.308 e. The molecule has 0 saturated heterocycles. The lowest BCUT2D eigenvalue weighted by Crippen LogP contribution is -2.33. The number of ketones is 1. The normalized spacial score (nSPS) is 12.2. The van der Waals surface area contributed by atoms with Gasteiger partial charge in [-0.15, -0.1) is 0 Å². The van der Waals surface area contributed by atoms with E-state index in [1.807, 2.05) is 32.8 Å². The summed E-state index contributed by atoms with van der Waals surface area (Å²) in [5.74, 6) is 0.251. The highest BCUT2D eigenvalue weighted by Crippen LogP contribution is 2.16. The Morgan fingerprint density at radius 3 is 1.90 bits per heavy atom. The second-order valence-electron chi connectivity index (χ2n) is 3.68. The molecule has 0 radical (unpaired) electrons. The average molecular weight is 143 g/mol. The highest BCUT2D eigenvalue weighted by molar-refractivity contribution is 5.81. The van der Waals surface area contributed by atoms with Gasteiger partial charge in [0.1, 0.15) is 5.78 Å². The van der Waals surface area contributed by atoms with E-state index in [2.05, 4.69) is 0 Å². The summed E-state index contributed by atoms with van der Waals surface area (Å²) in [4.78, 5) is 13.0. The van der Waals surface area contributed by atoms with Crippen molar-refractivity contribution >= 4 is 5.78 Å². The van der Waals surface area contributed by atoms with Crippen LogP contribution in [-0.4, -0.2) is 31.3 Å². The van der Waals surface area contributed by atoms with E-state index in [1.54, 1.807) is 6.92 Å². The number of Topliss-reactive ketones (excluding diaryl/α,β-unsaturated/α-hetero) is 1. The van der Waals surface area contributed by atoms with Gasteiger partial charge in [-0.05, 0) is 21.0 Å². The first-order valence-corrected chi connectivity index (χ1v) is 3.52. The minimum Gasteiger partial charge on any atom is -0.308 e. The minimum atomic E-state index is -0.191. The van der Waals surface area contributed by atoms with Crippen LogP contribution in [-0.2, 0) is 4.79 Å². The minimum absolute atomic E-state index is 0.191. The molecule has 0 aromatic rings. The Labute approximate surface area is 63.2 Å². The SMILES string of the molecule is CC(=O)C(C)(C)CN(C)C. The fourth-order valence-electron chi connectivity index (χ4n) is 0.902. The molecule has 0 amide bonds. The van der Waals surface area contributed by atoms with Crippen LogP contribution in [0.25, 0.3) is 0 Å². The molecular formula is C8H17NO. The van der Waals surface area contributed by atoms with E-state index in [0.717, 1.165) is 6.54 Å². The van der Waals surface area contributed by atoms with Crippen LogP contribution in [0.4, 0.5) is 0 Å². The fraction of sp³-hybridized carbons (Fsp3) is 0.875. The van der Waals surface area contributed by atoms with Gasteiger partial charge in [0.2, 0.25) is 0 Å². The molecule has 0 bridgehead atoms. The van der Waals surface area contributed by atoms with Crippen molar-refractivity contribution in [2.24, 2.45) is 5.41 Å². The van der Waals surface area contributed by atoms with Crippen LogP contribution >= 0.6 is 0 Å². The van der Waals surface area contributed by atoms with Crippen LogP contribution in [0, 0.1) is 5.41 Å². The fourth-order valence-corrected chi connectivity index (χ4v) is 0.902. The van der Waals surface area contributed by atoms with Crippen molar-refractivity contribution in [3.63, 3.8) is 0 Å². The molecule has 0 rings (SSSR count). The number of nitrogens with zero attached hydrogens (tertiary/aromatic N) is 1. The van der Waals surface area contributed by atoms with E-state index in [9.17, 15) is 4.79 Å². The summed E-state index contributed by atoms with van der Waals surface area (Å²) in [5, 5.41) is 0. The Bertz CT molecular complexity index is 127. The number of hydrogen-bond acceptors (Lipinski definition) is 2. The third-order valence-electron chi connectivity index (χ3n) is 1.66. The van der Waals surface area contributed by atoms with E-state index in [0.29, 0.717) is 0 Å². The first-order valence-electron chi connectivity index (χ1n) is 3.52. The van der Waals surface area contributed by atoms with Gasteiger partial charge in [0.15, 0.2) is 0 Å². The lowest BCUT2D eigenvalue weighted by molar-refractivity contribution is -0.125. The second-order valence-corrected chi connectivity index (χ2v) is 3.68. The summed E-state index contributed by atoms with van der Waals surface area (Å²) < 4.78 is 0. The van der Waals surface area contributed by atoms with Crippen LogP contribution in [0.3, 0.4) is 0 Å². The number of carbonyl (C=O) groups is 1. The molecule has 0 atom stereocenters. The van der Waals surface area contributed by atoms with Crippen LogP contribution in [0.5, 0.6) is 0 Å². The Balaban J connectivity index is 4.00. The molecular weight excluding hydrogens is 126 g/mol. The van der Waals surface area contributed by atoms with E-state index < -0.39 is 0 Å². The zero-order valence-corrected chi connectivity index (χ0v) is 7.56. The molecule has 0 aromatic carbocycles. The van der Waals surface area contributed by atoms with Gasteiger partial charge < -0.3 is 4.90 Å². The van der Waals surface area contributed by atoms with E-state index >= 15 is 0 Å². The van der Waals surface area contributed by atoms with Crippen molar-refractivity contribution in [3.05, 3.63) is 0 Å². The second kappa shape index (κ2) is 3.15. The van der Waals surface area contributed by atoms with Crippen LogP contribution in [0.2, 0.25) is 0 Å². The van der Waals surface area contributed by atoms with Crippen molar-refractivity contribution < 1.29 is 4.79 Å². The summed E-state index contributed by atoms with van der Waals surface area (Å²) in [5.41, 5.74) is -0.191. The summed E-state index contributed by atoms with van der Waals surface area (Å²) in [6.45, 7) is 6.40. The standard InChI is InChI=1S/C8H17NO/c1-7(10)8(2,3)6-9(4)5/h6H2,1-5H3. The van der Waals surface area contributed by atoms with Gasteiger partial charge in [0.05, 0.1) is 0 Å². The number of rotatable bonds is 3. The predicted molar refractivity (Wildman–Crippen MR) is 43.0 cm³/mol. The first-order chi connectivity index (χ1) is 4.36. The molecule has 0 aliphatic rings. The van der Waals surface area contributed by atoms with Gasteiger partial charge in [-0.1, -0.05) is 13.8 Å².